The highest BCUT2D eigenvalue weighted by Gasteiger charge is 2.33. The normalized spacial score (nSPS) is 17.0. The van der Waals surface area contributed by atoms with E-state index in [1.54, 1.807) is 30.5 Å². The molecule has 0 aliphatic carbocycles. The number of ketones is 1. The molecule has 5 nitrogen and oxygen atoms in total. The third-order valence-electron chi connectivity index (χ3n) is 5.15. The second kappa shape index (κ2) is 7.43. The lowest BCUT2D eigenvalue weighted by atomic mass is 10.0. The number of benzene rings is 2. The summed E-state index contributed by atoms with van der Waals surface area (Å²) in [4.78, 5) is 14.9. The lowest BCUT2D eigenvalue weighted by Crippen LogP contribution is -2.33. The fourth-order valence-electron chi connectivity index (χ4n) is 3.63. The van der Waals surface area contributed by atoms with Crippen LogP contribution in [0.5, 0.6) is 11.5 Å². The Morgan fingerprint density at radius 2 is 2.00 bits per heavy atom. The molecule has 0 fully saturated rings. The monoisotopic (exact) mass is 407 g/mol. The minimum absolute atomic E-state index is 0.146. The lowest BCUT2D eigenvalue weighted by Gasteiger charge is -2.29. The Kier molecular flexibility index (Phi) is 4.62. The minimum Gasteiger partial charge on any atom is -0.478 e. The number of furan rings is 1. The molecule has 0 radical (unpaired) electrons. The molecule has 146 valence electrons. The smallest absolute Gasteiger partial charge is 0.232 e. The molecule has 0 atom stereocenters. The van der Waals surface area contributed by atoms with E-state index >= 15 is 0 Å². The Morgan fingerprint density at radius 3 is 2.83 bits per heavy atom. The summed E-state index contributed by atoms with van der Waals surface area (Å²) in [6, 6.07) is 15.0. The fraction of sp³-hybridized carbons (Fsp3) is 0.174. The highest BCUT2D eigenvalue weighted by Crippen LogP contribution is 2.42. The number of allylic oxidation sites excluding steroid dienone is 1. The summed E-state index contributed by atoms with van der Waals surface area (Å²) in [5.41, 5.74) is 2.55. The van der Waals surface area contributed by atoms with E-state index in [1.165, 1.54) is 0 Å². The van der Waals surface area contributed by atoms with Gasteiger partial charge in [-0.15, -0.1) is 0 Å². The van der Waals surface area contributed by atoms with Crippen LogP contribution < -0.4 is 9.47 Å². The van der Waals surface area contributed by atoms with Gasteiger partial charge in [0.15, 0.2) is 5.76 Å². The summed E-state index contributed by atoms with van der Waals surface area (Å²) in [5.74, 6) is 2.02. The predicted molar refractivity (Wildman–Crippen MR) is 109 cm³/mol. The number of carbonyl (C=O) groups is 1. The molecular formula is C23H18ClNO4. The molecule has 3 heterocycles. The first-order valence-corrected chi connectivity index (χ1v) is 9.79. The summed E-state index contributed by atoms with van der Waals surface area (Å²) in [6.07, 6.45) is 4.00. The number of fused-ring (bicyclic) bond motifs is 3. The van der Waals surface area contributed by atoms with Gasteiger partial charge in [-0.25, -0.2) is 0 Å². The highest BCUT2D eigenvalue weighted by molar-refractivity contribution is 6.31. The van der Waals surface area contributed by atoms with E-state index in [1.807, 2.05) is 30.3 Å². The summed E-state index contributed by atoms with van der Waals surface area (Å²) < 4.78 is 17.2. The molecule has 0 bridgehead atoms. The first-order chi connectivity index (χ1) is 14.2. The molecule has 5 rings (SSSR count). The van der Waals surface area contributed by atoms with Crippen molar-refractivity contribution in [2.75, 3.05) is 13.3 Å². The SMILES string of the molecule is O=C1/C(=C/c2ccco2)Oc2c1ccc1c2CN(CCc2ccccc2Cl)CO1. The first-order valence-electron chi connectivity index (χ1n) is 9.41. The molecule has 2 aliphatic heterocycles. The van der Waals surface area contributed by atoms with Gasteiger partial charge in [-0.1, -0.05) is 29.8 Å². The maximum absolute atomic E-state index is 12.7. The van der Waals surface area contributed by atoms with Gasteiger partial charge in [0.2, 0.25) is 5.78 Å². The Hall–Kier alpha value is -3.02. The van der Waals surface area contributed by atoms with Gasteiger partial charge < -0.3 is 13.9 Å². The molecule has 6 heteroatoms. The van der Waals surface area contributed by atoms with Crippen LogP contribution in [0.2, 0.25) is 5.02 Å². The van der Waals surface area contributed by atoms with Crippen molar-refractivity contribution < 1.29 is 18.7 Å². The van der Waals surface area contributed by atoms with Crippen molar-refractivity contribution in [3.8, 4) is 11.5 Å². The summed E-state index contributed by atoms with van der Waals surface area (Å²) in [5, 5.41) is 0.772. The molecule has 0 saturated carbocycles. The van der Waals surface area contributed by atoms with Crippen molar-refractivity contribution in [1.29, 1.82) is 0 Å². The zero-order chi connectivity index (χ0) is 19.8. The quantitative estimate of drug-likeness (QED) is 0.573. The molecule has 2 aromatic carbocycles. The molecule has 29 heavy (non-hydrogen) atoms. The third kappa shape index (κ3) is 3.43. The van der Waals surface area contributed by atoms with Crippen molar-refractivity contribution in [3.05, 3.63) is 88.0 Å². The van der Waals surface area contributed by atoms with E-state index in [9.17, 15) is 4.79 Å². The van der Waals surface area contributed by atoms with Crippen LogP contribution in [0.4, 0.5) is 0 Å². The van der Waals surface area contributed by atoms with E-state index in [4.69, 9.17) is 25.5 Å². The number of rotatable bonds is 4. The second-order valence-electron chi connectivity index (χ2n) is 7.04. The largest absolute Gasteiger partial charge is 0.478 e. The molecule has 3 aromatic rings. The van der Waals surface area contributed by atoms with Gasteiger partial charge >= 0.3 is 0 Å². The van der Waals surface area contributed by atoms with Gasteiger partial charge in [0.05, 0.1) is 17.4 Å². The van der Waals surface area contributed by atoms with Gasteiger partial charge in [0.25, 0.3) is 0 Å². The van der Waals surface area contributed by atoms with Gasteiger partial charge in [0.1, 0.15) is 24.0 Å². The van der Waals surface area contributed by atoms with E-state index in [0.717, 1.165) is 34.9 Å². The van der Waals surface area contributed by atoms with Crippen LogP contribution in [0.1, 0.15) is 27.2 Å². The summed E-state index contributed by atoms with van der Waals surface area (Å²) >= 11 is 6.27. The van der Waals surface area contributed by atoms with Crippen LogP contribution in [-0.4, -0.2) is 24.0 Å². The number of hydrogen-bond acceptors (Lipinski definition) is 5. The average molecular weight is 408 g/mol. The average Bonchev–Trinajstić information content (AvgIpc) is 3.36. The Morgan fingerprint density at radius 1 is 1.10 bits per heavy atom. The van der Waals surface area contributed by atoms with Crippen molar-refractivity contribution in [3.63, 3.8) is 0 Å². The molecule has 0 N–H and O–H groups in total. The maximum atomic E-state index is 12.7. The molecule has 0 spiro atoms. The minimum atomic E-state index is -0.146. The zero-order valence-corrected chi connectivity index (χ0v) is 16.3. The van der Waals surface area contributed by atoms with Crippen molar-refractivity contribution in [1.82, 2.24) is 4.90 Å². The highest BCUT2D eigenvalue weighted by atomic mass is 35.5. The van der Waals surface area contributed by atoms with Crippen LogP contribution in [0, 0.1) is 0 Å². The molecule has 2 aliphatic rings. The topological polar surface area (TPSA) is 51.9 Å². The van der Waals surface area contributed by atoms with E-state index < -0.39 is 0 Å². The maximum Gasteiger partial charge on any atom is 0.232 e. The number of ether oxygens (including phenoxy) is 2. The van der Waals surface area contributed by atoms with Crippen LogP contribution in [0.3, 0.4) is 0 Å². The van der Waals surface area contributed by atoms with E-state index in [2.05, 4.69) is 4.90 Å². The second-order valence-corrected chi connectivity index (χ2v) is 7.45. The van der Waals surface area contributed by atoms with Crippen molar-refractivity contribution >= 4 is 23.5 Å². The van der Waals surface area contributed by atoms with Crippen molar-refractivity contribution in [2.24, 2.45) is 0 Å². The number of halogens is 1. The first kappa shape index (κ1) is 18.0. The lowest BCUT2D eigenvalue weighted by molar-refractivity contribution is 0.0950. The van der Waals surface area contributed by atoms with Gasteiger partial charge in [-0.3, -0.25) is 9.69 Å². The molecular weight excluding hydrogens is 390 g/mol. The van der Waals surface area contributed by atoms with Gasteiger partial charge in [0, 0.05) is 24.2 Å². The molecule has 1 aromatic heterocycles. The van der Waals surface area contributed by atoms with Crippen LogP contribution in [0.25, 0.3) is 6.08 Å². The molecule has 0 saturated heterocycles. The van der Waals surface area contributed by atoms with Crippen LogP contribution >= 0.6 is 11.6 Å². The van der Waals surface area contributed by atoms with Gasteiger partial charge in [-0.05, 0) is 42.3 Å². The number of hydrogen-bond donors (Lipinski definition) is 0. The molecule has 0 amide bonds. The van der Waals surface area contributed by atoms with E-state index in [-0.39, 0.29) is 11.5 Å². The number of carbonyl (C=O) groups excluding carboxylic acids is 1. The third-order valence-corrected chi connectivity index (χ3v) is 5.52. The summed E-state index contributed by atoms with van der Waals surface area (Å²) in [6.45, 7) is 1.92. The Bertz CT molecular complexity index is 1100. The Labute approximate surface area is 173 Å². The zero-order valence-electron chi connectivity index (χ0n) is 15.6. The van der Waals surface area contributed by atoms with Crippen LogP contribution in [0.15, 0.2) is 65.0 Å². The van der Waals surface area contributed by atoms with Crippen molar-refractivity contribution in [2.45, 2.75) is 13.0 Å². The number of Topliss-reactive ketones (excluding diaryl/α,β-unsaturated/α-hetero) is 1. The van der Waals surface area contributed by atoms with Gasteiger partial charge in [-0.2, -0.15) is 0 Å². The predicted octanol–water partition coefficient (Wildman–Crippen LogP) is 4.94. The Balaban J connectivity index is 1.37. The molecule has 0 unspecified atom stereocenters. The fourth-order valence-corrected chi connectivity index (χ4v) is 3.86. The number of nitrogens with zero attached hydrogens (tertiary/aromatic N) is 1. The summed E-state index contributed by atoms with van der Waals surface area (Å²) in [7, 11) is 0. The standard InChI is InChI=1S/C23H18ClNO4/c24-19-6-2-1-4-15(19)9-10-25-13-18-20(28-14-25)8-7-17-22(26)21(29-23(17)18)12-16-5-3-11-27-16/h1-8,11-12H,9-10,13-14H2/b21-12-. The van der Waals surface area contributed by atoms with E-state index in [0.29, 0.717) is 30.3 Å². The van der Waals surface area contributed by atoms with Crippen LogP contribution in [-0.2, 0) is 13.0 Å².